The van der Waals surface area contributed by atoms with Crippen molar-refractivity contribution in [3.05, 3.63) is 28.6 Å². The van der Waals surface area contributed by atoms with Crippen LogP contribution < -0.4 is 5.32 Å². The number of nitrogens with one attached hydrogen (secondary N) is 1. The zero-order chi connectivity index (χ0) is 15.4. The standard InChI is InChI=1S/C15H18N2O3S2/c18-11(8-20-7-10-3-4-10)6-16-14(19)12-9-22-15(17-12)13-2-1-5-21-13/h1-2,5,9-11,18H,3-4,6-8H2,(H,16,19). The molecule has 5 nitrogen and oxygen atoms in total. The average molecular weight is 338 g/mol. The summed E-state index contributed by atoms with van der Waals surface area (Å²) in [6.07, 6.45) is 1.77. The lowest BCUT2D eigenvalue weighted by Crippen LogP contribution is -2.34. The molecule has 2 N–H and O–H groups in total. The van der Waals surface area contributed by atoms with Gasteiger partial charge >= 0.3 is 0 Å². The van der Waals surface area contributed by atoms with Crippen molar-refractivity contribution in [1.82, 2.24) is 10.3 Å². The van der Waals surface area contributed by atoms with E-state index in [1.54, 1.807) is 16.7 Å². The van der Waals surface area contributed by atoms with Gasteiger partial charge in [-0.15, -0.1) is 22.7 Å². The maximum atomic E-state index is 12.0. The van der Waals surface area contributed by atoms with E-state index in [1.165, 1.54) is 24.2 Å². The number of hydrogen-bond donors (Lipinski definition) is 2. The van der Waals surface area contributed by atoms with E-state index in [0.29, 0.717) is 18.2 Å². The molecule has 2 aromatic heterocycles. The summed E-state index contributed by atoms with van der Waals surface area (Å²) >= 11 is 3.04. The van der Waals surface area contributed by atoms with Crippen LogP contribution >= 0.6 is 22.7 Å². The summed E-state index contributed by atoms with van der Waals surface area (Å²) in [4.78, 5) is 17.4. The molecule has 7 heteroatoms. The Labute approximate surface area is 137 Å². The van der Waals surface area contributed by atoms with Crippen LogP contribution in [0.15, 0.2) is 22.9 Å². The number of aliphatic hydroxyl groups is 1. The van der Waals surface area contributed by atoms with E-state index in [2.05, 4.69) is 10.3 Å². The van der Waals surface area contributed by atoms with Gasteiger partial charge in [-0.05, 0) is 30.2 Å². The average Bonchev–Trinajstić information content (AvgIpc) is 3.01. The highest BCUT2D eigenvalue weighted by Crippen LogP contribution is 2.29. The molecule has 0 aliphatic heterocycles. The zero-order valence-electron chi connectivity index (χ0n) is 12.0. The number of aliphatic hydroxyl groups excluding tert-OH is 1. The molecule has 1 aliphatic carbocycles. The summed E-state index contributed by atoms with van der Waals surface area (Å²) in [7, 11) is 0. The largest absolute Gasteiger partial charge is 0.389 e. The number of thiophene rings is 1. The number of hydrogen-bond acceptors (Lipinski definition) is 6. The molecular weight excluding hydrogens is 320 g/mol. The van der Waals surface area contributed by atoms with Crippen LogP contribution in [0.2, 0.25) is 0 Å². The number of carbonyl (C=O) groups is 1. The first kappa shape index (κ1) is 15.6. The molecule has 2 aromatic rings. The Morgan fingerprint density at radius 1 is 1.50 bits per heavy atom. The Balaban J connectivity index is 1.43. The van der Waals surface area contributed by atoms with Crippen LogP contribution in [0.5, 0.6) is 0 Å². The minimum atomic E-state index is -0.682. The van der Waals surface area contributed by atoms with Gasteiger partial charge in [-0.1, -0.05) is 6.07 Å². The maximum Gasteiger partial charge on any atom is 0.270 e. The molecule has 2 heterocycles. The third-order valence-corrected chi connectivity index (χ3v) is 5.21. The zero-order valence-corrected chi connectivity index (χ0v) is 13.7. The molecule has 0 bridgehead atoms. The van der Waals surface area contributed by atoms with Crippen molar-refractivity contribution in [3.8, 4) is 9.88 Å². The summed E-state index contributed by atoms with van der Waals surface area (Å²) in [5, 5.41) is 17.0. The van der Waals surface area contributed by atoms with Gasteiger partial charge in [0, 0.05) is 18.5 Å². The minimum Gasteiger partial charge on any atom is -0.389 e. The fraction of sp³-hybridized carbons (Fsp3) is 0.467. The molecule has 22 heavy (non-hydrogen) atoms. The quantitative estimate of drug-likeness (QED) is 0.775. The van der Waals surface area contributed by atoms with Gasteiger partial charge in [-0.3, -0.25) is 4.79 Å². The van der Waals surface area contributed by atoms with Gasteiger partial charge in [0.15, 0.2) is 0 Å². The van der Waals surface area contributed by atoms with Crippen molar-refractivity contribution in [2.75, 3.05) is 19.8 Å². The fourth-order valence-corrected chi connectivity index (χ4v) is 3.52. The predicted molar refractivity (Wildman–Crippen MR) is 87.3 cm³/mol. The second-order valence-electron chi connectivity index (χ2n) is 5.36. The third-order valence-electron chi connectivity index (χ3n) is 3.33. The molecule has 0 radical (unpaired) electrons. The van der Waals surface area contributed by atoms with Crippen LogP contribution in [0.1, 0.15) is 23.3 Å². The predicted octanol–water partition coefficient (Wildman–Crippen LogP) is 2.39. The van der Waals surface area contributed by atoms with Crippen LogP contribution in [0.3, 0.4) is 0 Å². The Hall–Kier alpha value is -1.28. The molecular formula is C15H18N2O3S2. The maximum absolute atomic E-state index is 12.0. The molecule has 0 aromatic carbocycles. The smallest absolute Gasteiger partial charge is 0.270 e. The van der Waals surface area contributed by atoms with Crippen molar-refractivity contribution in [2.24, 2.45) is 5.92 Å². The number of carbonyl (C=O) groups excluding carboxylic acids is 1. The number of aromatic nitrogens is 1. The Kier molecular flexibility index (Phi) is 5.20. The van der Waals surface area contributed by atoms with Gasteiger partial charge in [-0.2, -0.15) is 0 Å². The molecule has 1 saturated carbocycles. The second-order valence-corrected chi connectivity index (χ2v) is 7.17. The highest BCUT2D eigenvalue weighted by atomic mass is 32.1. The van der Waals surface area contributed by atoms with Crippen LogP contribution in [0, 0.1) is 5.92 Å². The van der Waals surface area contributed by atoms with Crippen LogP contribution in [-0.2, 0) is 4.74 Å². The van der Waals surface area contributed by atoms with Gasteiger partial charge in [0.1, 0.15) is 10.7 Å². The second kappa shape index (κ2) is 7.32. The highest BCUT2D eigenvalue weighted by Gasteiger charge is 2.21. The molecule has 0 spiro atoms. The molecule has 3 rings (SSSR count). The summed E-state index contributed by atoms with van der Waals surface area (Å²) in [5.41, 5.74) is 0.388. The normalized spacial score (nSPS) is 15.7. The van der Waals surface area contributed by atoms with E-state index in [0.717, 1.165) is 9.88 Å². The van der Waals surface area contributed by atoms with Crippen LogP contribution in [0.4, 0.5) is 0 Å². The van der Waals surface area contributed by atoms with Crippen molar-refractivity contribution in [3.63, 3.8) is 0 Å². The van der Waals surface area contributed by atoms with Gasteiger partial charge < -0.3 is 15.2 Å². The van der Waals surface area contributed by atoms with E-state index >= 15 is 0 Å². The summed E-state index contributed by atoms with van der Waals surface area (Å²) in [6.45, 7) is 1.14. The van der Waals surface area contributed by atoms with E-state index in [1.807, 2.05) is 17.5 Å². The van der Waals surface area contributed by atoms with Crippen LogP contribution in [-0.4, -0.2) is 41.9 Å². The summed E-state index contributed by atoms with van der Waals surface area (Å²) < 4.78 is 5.40. The van der Waals surface area contributed by atoms with E-state index in [9.17, 15) is 9.90 Å². The van der Waals surface area contributed by atoms with Crippen molar-refractivity contribution < 1.29 is 14.6 Å². The lowest BCUT2D eigenvalue weighted by molar-refractivity contribution is 0.0320. The first-order valence-corrected chi connectivity index (χ1v) is 9.01. The molecule has 1 aliphatic rings. The van der Waals surface area contributed by atoms with E-state index < -0.39 is 6.10 Å². The molecule has 1 unspecified atom stereocenters. The first-order chi connectivity index (χ1) is 10.7. The minimum absolute atomic E-state index is 0.176. The number of thiazole rings is 1. The lowest BCUT2D eigenvalue weighted by Gasteiger charge is -2.11. The third kappa shape index (κ3) is 4.36. The molecule has 0 saturated heterocycles. The number of ether oxygens (including phenoxy) is 1. The van der Waals surface area contributed by atoms with E-state index in [-0.39, 0.29) is 19.1 Å². The van der Waals surface area contributed by atoms with Gasteiger partial charge in [-0.25, -0.2) is 4.98 Å². The summed E-state index contributed by atoms with van der Waals surface area (Å²) in [6, 6.07) is 3.94. The van der Waals surface area contributed by atoms with Crippen LogP contribution in [0.25, 0.3) is 9.88 Å². The molecule has 1 atom stereocenters. The lowest BCUT2D eigenvalue weighted by atomic mass is 10.3. The van der Waals surface area contributed by atoms with Crippen molar-refractivity contribution >= 4 is 28.6 Å². The SMILES string of the molecule is O=C(NCC(O)COCC1CC1)c1csc(-c2cccs2)n1. The van der Waals surface area contributed by atoms with Gasteiger partial charge in [0.05, 0.1) is 17.6 Å². The van der Waals surface area contributed by atoms with E-state index in [4.69, 9.17) is 4.74 Å². The van der Waals surface area contributed by atoms with Crippen molar-refractivity contribution in [2.45, 2.75) is 18.9 Å². The Bertz CT molecular complexity index is 608. The topological polar surface area (TPSA) is 71.5 Å². The van der Waals surface area contributed by atoms with Crippen molar-refractivity contribution in [1.29, 1.82) is 0 Å². The highest BCUT2D eigenvalue weighted by molar-refractivity contribution is 7.20. The number of nitrogens with zero attached hydrogens (tertiary/aromatic N) is 1. The monoisotopic (exact) mass is 338 g/mol. The Morgan fingerprint density at radius 2 is 2.36 bits per heavy atom. The first-order valence-electron chi connectivity index (χ1n) is 7.26. The molecule has 1 amide bonds. The Morgan fingerprint density at radius 3 is 3.09 bits per heavy atom. The molecule has 118 valence electrons. The number of amides is 1. The van der Waals surface area contributed by atoms with Gasteiger partial charge in [0.2, 0.25) is 0 Å². The van der Waals surface area contributed by atoms with Gasteiger partial charge in [0.25, 0.3) is 5.91 Å². The number of rotatable bonds is 8. The fourth-order valence-electron chi connectivity index (χ4n) is 1.91. The molecule has 1 fully saturated rings. The summed E-state index contributed by atoms with van der Waals surface area (Å²) in [5.74, 6) is 0.410.